The summed E-state index contributed by atoms with van der Waals surface area (Å²) >= 11 is 0. The third-order valence-corrected chi connectivity index (χ3v) is 6.27. The Kier molecular flexibility index (Phi) is 8.60. The number of aryl methyl sites for hydroxylation is 2. The van der Waals surface area contributed by atoms with Gasteiger partial charge in [0.1, 0.15) is 5.75 Å². The van der Waals surface area contributed by atoms with E-state index in [1.54, 1.807) is 0 Å². The molecule has 0 saturated carbocycles. The van der Waals surface area contributed by atoms with E-state index >= 15 is 0 Å². The highest BCUT2D eigenvalue weighted by molar-refractivity contribution is 5.94. The van der Waals surface area contributed by atoms with Crippen LogP contribution >= 0.6 is 0 Å². The fraction of sp³-hybridized carbons (Fsp3) is 0.517. The number of anilines is 1. The fourth-order valence-electron chi connectivity index (χ4n) is 4.63. The SMILES string of the molecule is CCCCCC(=O)Nc1cc(C)c(-c2ccc3c(c2)CCCO3)c(C(OC(C)(C)C)C(=O)O)c1C. The smallest absolute Gasteiger partial charge is 0.337 e. The zero-order chi connectivity index (χ0) is 25.8. The summed E-state index contributed by atoms with van der Waals surface area (Å²) in [5.74, 6) is -0.238. The molecule has 0 bridgehead atoms. The third kappa shape index (κ3) is 6.63. The van der Waals surface area contributed by atoms with Gasteiger partial charge in [0.2, 0.25) is 5.91 Å². The normalized spacial score (nSPS) is 14.1. The summed E-state index contributed by atoms with van der Waals surface area (Å²) in [7, 11) is 0. The Balaban J connectivity index is 2.16. The van der Waals surface area contributed by atoms with Crippen LogP contribution in [0.15, 0.2) is 24.3 Å². The van der Waals surface area contributed by atoms with E-state index in [4.69, 9.17) is 9.47 Å². The molecule has 190 valence electrons. The highest BCUT2D eigenvalue weighted by Gasteiger charge is 2.32. The van der Waals surface area contributed by atoms with Crippen molar-refractivity contribution >= 4 is 17.6 Å². The Labute approximate surface area is 209 Å². The first kappa shape index (κ1) is 26.7. The van der Waals surface area contributed by atoms with Gasteiger partial charge in [-0.2, -0.15) is 0 Å². The second kappa shape index (κ2) is 11.3. The number of unbranched alkanes of at least 4 members (excludes halogenated alkanes) is 2. The van der Waals surface area contributed by atoms with E-state index in [1.165, 1.54) is 0 Å². The topological polar surface area (TPSA) is 84.9 Å². The first-order chi connectivity index (χ1) is 16.5. The zero-order valence-electron chi connectivity index (χ0n) is 21.9. The molecule has 1 atom stereocenters. The predicted molar refractivity (Wildman–Crippen MR) is 139 cm³/mol. The summed E-state index contributed by atoms with van der Waals surface area (Å²) in [6, 6.07) is 7.98. The summed E-state index contributed by atoms with van der Waals surface area (Å²) < 4.78 is 11.9. The molecule has 1 heterocycles. The number of ether oxygens (including phenoxy) is 2. The van der Waals surface area contributed by atoms with E-state index in [-0.39, 0.29) is 5.91 Å². The number of aliphatic carboxylic acids is 1. The molecule has 0 aliphatic carbocycles. The van der Waals surface area contributed by atoms with Crippen LogP contribution in [0.1, 0.15) is 88.2 Å². The lowest BCUT2D eigenvalue weighted by atomic mass is 9.86. The number of carbonyl (C=O) groups is 2. The van der Waals surface area contributed by atoms with Gasteiger partial charge in [-0.1, -0.05) is 25.8 Å². The van der Waals surface area contributed by atoms with Crippen LogP contribution in [-0.4, -0.2) is 29.2 Å². The van der Waals surface area contributed by atoms with Crippen molar-refractivity contribution < 1.29 is 24.2 Å². The second-order valence-electron chi connectivity index (χ2n) is 10.4. The van der Waals surface area contributed by atoms with Crippen molar-refractivity contribution in [1.29, 1.82) is 0 Å². The molecule has 0 radical (unpaired) electrons. The van der Waals surface area contributed by atoms with Gasteiger partial charge in [-0.15, -0.1) is 0 Å². The van der Waals surface area contributed by atoms with Crippen LogP contribution in [0.3, 0.4) is 0 Å². The number of benzene rings is 2. The fourth-order valence-corrected chi connectivity index (χ4v) is 4.63. The van der Waals surface area contributed by atoms with Crippen LogP contribution < -0.4 is 10.1 Å². The summed E-state index contributed by atoms with van der Waals surface area (Å²) in [4.78, 5) is 25.2. The monoisotopic (exact) mass is 481 g/mol. The molecule has 1 unspecified atom stereocenters. The van der Waals surface area contributed by atoms with Crippen molar-refractivity contribution in [1.82, 2.24) is 0 Å². The standard InChI is InChI=1S/C29H39NO5/c1-7-8-9-12-24(31)30-22-16-18(2)25(21-13-14-23-20(17-21)11-10-15-34-23)26(19(22)3)27(28(32)33)35-29(4,5)6/h13-14,16-17,27H,7-12,15H2,1-6H3,(H,30,31)(H,32,33). The lowest BCUT2D eigenvalue weighted by Gasteiger charge is -2.30. The van der Waals surface area contributed by atoms with E-state index in [1.807, 2.05) is 52.8 Å². The molecular weight excluding hydrogens is 442 g/mol. The molecule has 1 aliphatic heterocycles. The van der Waals surface area contributed by atoms with Crippen LogP contribution in [0, 0.1) is 13.8 Å². The van der Waals surface area contributed by atoms with Gasteiger partial charge in [-0.25, -0.2) is 4.79 Å². The second-order valence-corrected chi connectivity index (χ2v) is 10.4. The molecular formula is C29H39NO5. The van der Waals surface area contributed by atoms with E-state index in [0.29, 0.717) is 29.8 Å². The number of fused-ring (bicyclic) bond motifs is 1. The number of hydrogen-bond acceptors (Lipinski definition) is 4. The molecule has 0 fully saturated rings. The van der Waals surface area contributed by atoms with Crippen molar-refractivity contribution in [2.45, 2.75) is 91.8 Å². The average molecular weight is 482 g/mol. The number of amides is 1. The Hall–Kier alpha value is -2.86. The molecule has 0 spiro atoms. The first-order valence-electron chi connectivity index (χ1n) is 12.6. The van der Waals surface area contributed by atoms with Gasteiger partial charge < -0.3 is 19.9 Å². The van der Waals surface area contributed by atoms with Crippen LogP contribution in [0.25, 0.3) is 11.1 Å². The minimum absolute atomic E-state index is 0.0609. The molecule has 2 aromatic rings. The van der Waals surface area contributed by atoms with E-state index in [9.17, 15) is 14.7 Å². The van der Waals surface area contributed by atoms with Crippen molar-refractivity contribution in [3.63, 3.8) is 0 Å². The van der Waals surface area contributed by atoms with E-state index in [0.717, 1.165) is 60.1 Å². The Morgan fingerprint density at radius 1 is 1.17 bits per heavy atom. The van der Waals surface area contributed by atoms with Gasteiger partial charge in [0.15, 0.2) is 6.10 Å². The highest BCUT2D eigenvalue weighted by Crippen LogP contribution is 2.42. The maximum atomic E-state index is 12.6. The number of carboxylic acids is 1. The maximum absolute atomic E-state index is 12.6. The number of rotatable bonds is 9. The number of nitrogens with one attached hydrogen (secondary N) is 1. The van der Waals surface area contributed by atoms with E-state index < -0.39 is 17.7 Å². The van der Waals surface area contributed by atoms with Gasteiger partial charge in [0.05, 0.1) is 12.2 Å². The molecule has 0 saturated heterocycles. The molecule has 2 aromatic carbocycles. The molecule has 1 amide bonds. The van der Waals surface area contributed by atoms with Crippen molar-refractivity contribution in [3.05, 3.63) is 46.5 Å². The molecule has 6 nitrogen and oxygen atoms in total. The van der Waals surface area contributed by atoms with Gasteiger partial charge in [0, 0.05) is 17.7 Å². The summed E-state index contributed by atoms with van der Waals surface area (Å²) in [5.41, 5.74) is 5.00. The lowest BCUT2D eigenvalue weighted by Crippen LogP contribution is -2.28. The lowest BCUT2D eigenvalue weighted by molar-refractivity contribution is -0.160. The Morgan fingerprint density at radius 3 is 2.57 bits per heavy atom. The van der Waals surface area contributed by atoms with Crippen molar-refractivity contribution in [3.8, 4) is 16.9 Å². The minimum atomic E-state index is -1.19. The minimum Gasteiger partial charge on any atom is -0.493 e. The largest absolute Gasteiger partial charge is 0.493 e. The summed E-state index contributed by atoms with van der Waals surface area (Å²) in [6.07, 6.45) is 3.99. The Morgan fingerprint density at radius 2 is 1.91 bits per heavy atom. The van der Waals surface area contributed by atoms with Gasteiger partial charge >= 0.3 is 5.97 Å². The molecule has 1 aliphatic rings. The molecule has 6 heteroatoms. The van der Waals surface area contributed by atoms with Gasteiger partial charge in [0.25, 0.3) is 0 Å². The summed E-state index contributed by atoms with van der Waals surface area (Å²) in [5, 5.41) is 13.3. The van der Waals surface area contributed by atoms with Crippen LogP contribution in [0.4, 0.5) is 5.69 Å². The quantitative estimate of drug-likeness (QED) is 0.387. The van der Waals surface area contributed by atoms with Gasteiger partial charge in [-0.05, 0) is 99.9 Å². The van der Waals surface area contributed by atoms with Crippen LogP contribution in [0.2, 0.25) is 0 Å². The predicted octanol–water partition coefficient (Wildman–Crippen LogP) is 6.76. The molecule has 0 aromatic heterocycles. The number of carbonyl (C=O) groups excluding carboxylic acids is 1. The molecule has 35 heavy (non-hydrogen) atoms. The third-order valence-electron chi connectivity index (χ3n) is 6.27. The van der Waals surface area contributed by atoms with Crippen molar-refractivity contribution in [2.75, 3.05) is 11.9 Å². The highest BCUT2D eigenvalue weighted by atomic mass is 16.5. The summed E-state index contributed by atoms with van der Waals surface area (Å²) in [6.45, 7) is 12.2. The number of hydrogen-bond donors (Lipinski definition) is 2. The average Bonchev–Trinajstić information content (AvgIpc) is 2.79. The first-order valence-corrected chi connectivity index (χ1v) is 12.6. The molecule has 3 rings (SSSR count). The Bertz CT molecular complexity index is 1080. The van der Waals surface area contributed by atoms with Crippen molar-refractivity contribution in [2.24, 2.45) is 0 Å². The molecule has 2 N–H and O–H groups in total. The van der Waals surface area contributed by atoms with E-state index in [2.05, 4.69) is 18.3 Å². The van der Waals surface area contributed by atoms with Crippen LogP contribution in [0.5, 0.6) is 5.75 Å². The maximum Gasteiger partial charge on any atom is 0.337 e. The number of carboxylic acid groups (broad SMARTS) is 1. The van der Waals surface area contributed by atoms with Crippen LogP contribution in [-0.2, 0) is 20.7 Å². The zero-order valence-corrected chi connectivity index (χ0v) is 21.9. The van der Waals surface area contributed by atoms with Gasteiger partial charge in [-0.3, -0.25) is 4.79 Å².